The fourth-order valence-corrected chi connectivity index (χ4v) is 4.74. The first-order chi connectivity index (χ1) is 14.0. The van der Waals surface area contributed by atoms with Crippen molar-refractivity contribution in [3.05, 3.63) is 75.0 Å². The van der Waals surface area contributed by atoms with Gasteiger partial charge >= 0.3 is 0 Å². The molecule has 1 aliphatic carbocycles. The Morgan fingerprint density at radius 2 is 1.76 bits per heavy atom. The molecule has 0 saturated heterocycles. The Hall–Kier alpha value is -2.10. The Kier molecular flexibility index (Phi) is 5.80. The van der Waals surface area contributed by atoms with Crippen molar-refractivity contribution in [2.45, 2.75) is 45.6 Å². The summed E-state index contributed by atoms with van der Waals surface area (Å²) in [5.41, 5.74) is 6.54. The van der Waals surface area contributed by atoms with Gasteiger partial charge in [0.05, 0.1) is 28.1 Å². The topological polar surface area (TPSA) is 29.0 Å². The molecule has 1 aromatic heterocycles. The molecule has 0 saturated carbocycles. The lowest BCUT2D eigenvalue weighted by Gasteiger charge is -2.29. The van der Waals surface area contributed by atoms with E-state index in [2.05, 4.69) is 50.1 Å². The van der Waals surface area contributed by atoms with Gasteiger partial charge in [-0.2, -0.15) is 0 Å². The molecule has 0 bridgehead atoms. The molecule has 2 aromatic carbocycles. The van der Waals surface area contributed by atoms with E-state index < -0.39 is 0 Å². The minimum absolute atomic E-state index is 0.334. The molecular weight excluding hydrogens is 401 g/mol. The molecule has 0 unspecified atom stereocenters. The number of hydrogen-bond acceptors (Lipinski definition) is 3. The number of fused-ring (bicyclic) bond motifs is 1. The van der Waals surface area contributed by atoms with Crippen LogP contribution in [0, 0.1) is 0 Å². The van der Waals surface area contributed by atoms with Crippen molar-refractivity contribution in [3.63, 3.8) is 0 Å². The predicted molar refractivity (Wildman–Crippen MR) is 122 cm³/mol. The predicted octanol–water partition coefficient (Wildman–Crippen LogP) is 6.70. The summed E-state index contributed by atoms with van der Waals surface area (Å²) in [5, 5.41) is 1.23. The Labute approximate surface area is 182 Å². The average molecular weight is 426 g/mol. The van der Waals surface area contributed by atoms with E-state index in [1.165, 1.54) is 11.1 Å². The Bertz CT molecular complexity index is 1050. The molecule has 4 rings (SSSR count). The summed E-state index contributed by atoms with van der Waals surface area (Å²) in [6, 6.07) is 14.6. The third kappa shape index (κ3) is 3.74. The molecule has 150 valence electrons. The lowest BCUT2D eigenvalue weighted by molar-refractivity contribution is 0.648. The summed E-state index contributed by atoms with van der Waals surface area (Å²) >= 11 is 12.6. The molecule has 3 nitrogen and oxygen atoms in total. The minimum Gasteiger partial charge on any atom is -0.351 e. The zero-order chi connectivity index (χ0) is 20.5. The molecule has 0 fully saturated rings. The van der Waals surface area contributed by atoms with E-state index in [1.807, 2.05) is 12.1 Å². The van der Waals surface area contributed by atoms with E-state index in [0.717, 1.165) is 54.1 Å². The SMILES string of the molecule is CCc1nc(N(C)[C@@H]2CCc3ccccc32)c(CC)nc1-c1ccc(Cl)cc1Cl. The third-order valence-electron chi connectivity index (χ3n) is 5.78. The summed E-state index contributed by atoms with van der Waals surface area (Å²) in [5.74, 6) is 0.972. The molecule has 1 atom stereocenters. The number of rotatable bonds is 5. The van der Waals surface area contributed by atoms with E-state index in [9.17, 15) is 0 Å². The second kappa shape index (κ2) is 8.33. The van der Waals surface area contributed by atoms with E-state index in [-0.39, 0.29) is 0 Å². The number of halogens is 2. The van der Waals surface area contributed by atoms with Crippen molar-refractivity contribution in [2.75, 3.05) is 11.9 Å². The number of aryl methyl sites for hydroxylation is 3. The number of aromatic nitrogens is 2. The highest BCUT2D eigenvalue weighted by atomic mass is 35.5. The molecule has 0 aliphatic heterocycles. The molecule has 0 spiro atoms. The normalized spacial score (nSPS) is 15.4. The summed E-state index contributed by atoms with van der Waals surface area (Å²) in [7, 11) is 2.14. The number of nitrogens with zero attached hydrogens (tertiary/aromatic N) is 3. The van der Waals surface area contributed by atoms with E-state index in [4.69, 9.17) is 33.2 Å². The summed E-state index contributed by atoms with van der Waals surface area (Å²) in [6.45, 7) is 4.24. The molecular formula is C24H25Cl2N3. The molecule has 0 N–H and O–H groups in total. The van der Waals surface area contributed by atoms with Crippen LogP contribution in [0.25, 0.3) is 11.3 Å². The summed E-state index contributed by atoms with van der Waals surface area (Å²) in [6.07, 6.45) is 3.81. The standard InChI is InChI=1S/C24H25Cl2N3/c1-4-20-23(18-12-11-16(25)14-19(18)26)27-21(5-2)24(28-20)29(3)22-13-10-15-8-6-7-9-17(15)22/h6-9,11-12,14,22H,4-5,10,13H2,1-3H3/t22-/m1/s1. The Balaban J connectivity index is 1.79. The number of benzene rings is 2. The molecule has 29 heavy (non-hydrogen) atoms. The molecule has 1 heterocycles. The van der Waals surface area contributed by atoms with E-state index in [0.29, 0.717) is 16.1 Å². The van der Waals surface area contributed by atoms with Crippen molar-refractivity contribution in [3.8, 4) is 11.3 Å². The van der Waals surface area contributed by atoms with E-state index in [1.54, 1.807) is 6.07 Å². The van der Waals surface area contributed by atoms with Crippen molar-refractivity contribution < 1.29 is 0 Å². The first-order valence-corrected chi connectivity index (χ1v) is 10.9. The highest BCUT2D eigenvalue weighted by Crippen LogP contribution is 2.39. The molecule has 5 heteroatoms. The molecule has 1 aliphatic rings. The first kappa shape index (κ1) is 20.2. The lowest BCUT2D eigenvalue weighted by Crippen LogP contribution is -2.25. The van der Waals surface area contributed by atoms with Crippen LogP contribution in [0.3, 0.4) is 0 Å². The van der Waals surface area contributed by atoms with Crippen LogP contribution in [-0.2, 0) is 19.3 Å². The summed E-state index contributed by atoms with van der Waals surface area (Å²) < 4.78 is 0. The maximum Gasteiger partial charge on any atom is 0.150 e. The zero-order valence-corrected chi connectivity index (χ0v) is 18.6. The van der Waals surface area contributed by atoms with Crippen LogP contribution in [0.5, 0.6) is 0 Å². The lowest BCUT2D eigenvalue weighted by atomic mass is 10.1. The van der Waals surface area contributed by atoms with Crippen LogP contribution in [-0.4, -0.2) is 17.0 Å². The van der Waals surface area contributed by atoms with Crippen molar-refractivity contribution >= 4 is 29.0 Å². The third-order valence-corrected chi connectivity index (χ3v) is 6.33. The zero-order valence-electron chi connectivity index (χ0n) is 17.0. The van der Waals surface area contributed by atoms with Gasteiger partial charge in [0.2, 0.25) is 0 Å². The van der Waals surface area contributed by atoms with Gasteiger partial charge in [-0.25, -0.2) is 9.97 Å². The van der Waals surface area contributed by atoms with Crippen molar-refractivity contribution in [1.29, 1.82) is 0 Å². The maximum atomic E-state index is 6.49. The highest BCUT2D eigenvalue weighted by molar-refractivity contribution is 6.36. The van der Waals surface area contributed by atoms with Crippen LogP contribution in [0.2, 0.25) is 10.0 Å². The fourth-order valence-electron chi connectivity index (χ4n) is 4.24. The average Bonchev–Trinajstić information content (AvgIpc) is 3.16. The largest absolute Gasteiger partial charge is 0.351 e. The second-order valence-electron chi connectivity index (χ2n) is 7.48. The minimum atomic E-state index is 0.334. The van der Waals surface area contributed by atoms with Gasteiger partial charge < -0.3 is 4.90 Å². The highest BCUT2D eigenvalue weighted by Gasteiger charge is 2.28. The van der Waals surface area contributed by atoms with Crippen LogP contribution >= 0.6 is 23.2 Å². The first-order valence-electron chi connectivity index (χ1n) is 10.2. The van der Waals surface area contributed by atoms with Gasteiger partial charge in [-0.15, -0.1) is 0 Å². The van der Waals surface area contributed by atoms with Crippen LogP contribution in [0.4, 0.5) is 5.82 Å². The smallest absolute Gasteiger partial charge is 0.150 e. The monoisotopic (exact) mass is 425 g/mol. The van der Waals surface area contributed by atoms with Gasteiger partial charge in [0.25, 0.3) is 0 Å². The Morgan fingerprint density at radius 1 is 1.00 bits per heavy atom. The van der Waals surface area contributed by atoms with Gasteiger partial charge in [0.1, 0.15) is 0 Å². The van der Waals surface area contributed by atoms with Gasteiger partial charge in [-0.1, -0.05) is 61.3 Å². The maximum absolute atomic E-state index is 6.49. The number of hydrogen-bond donors (Lipinski definition) is 0. The fraction of sp³-hybridized carbons (Fsp3) is 0.333. The molecule has 3 aromatic rings. The van der Waals surface area contributed by atoms with Crippen molar-refractivity contribution in [1.82, 2.24) is 9.97 Å². The van der Waals surface area contributed by atoms with Gasteiger partial charge in [0.15, 0.2) is 5.82 Å². The Morgan fingerprint density at radius 3 is 2.48 bits per heavy atom. The molecule has 0 amide bonds. The van der Waals surface area contributed by atoms with Gasteiger partial charge in [0, 0.05) is 17.6 Å². The summed E-state index contributed by atoms with van der Waals surface area (Å²) in [4.78, 5) is 12.4. The van der Waals surface area contributed by atoms with Gasteiger partial charge in [-0.3, -0.25) is 0 Å². The molecule has 0 radical (unpaired) electrons. The number of anilines is 1. The second-order valence-corrected chi connectivity index (χ2v) is 8.33. The van der Waals surface area contributed by atoms with E-state index >= 15 is 0 Å². The van der Waals surface area contributed by atoms with Crippen LogP contribution < -0.4 is 4.90 Å². The van der Waals surface area contributed by atoms with Crippen molar-refractivity contribution in [2.24, 2.45) is 0 Å². The van der Waals surface area contributed by atoms with Crippen LogP contribution in [0.15, 0.2) is 42.5 Å². The van der Waals surface area contributed by atoms with Crippen LogP contribution in [0.1, 0.15) is 48.8 Å². The quantitative estimate of drug-likeness (QED) is 0.455. The van der Waals surface area contributed by atoms with Gasteiger partial charge in [-0.05, 0) is 55.0 Å².